The van der Waals surface area contributed by atoms with Crippen molar-refractivity contribution in [2.45, 2.75) is 13.8 Å². The summed E-state index contributed by atoms with van der Waals surface area (Å²) in [4.78, 5) is 10.9. The third-order valence-electron chi connectivity index (χ3n) is 1.43. The van der Waals surface area contributed by atoms with E-state index in [4.69, 9.17) is 10.5 Å². The summed E-state index contributed by atoms with van der Waals surface area (Å²) in [7, 11) is 0. The molecule has 0 aliphatic rings. The number of ether oxygens (including phenoxy) is 2. The molecule has 80 valence electrons. The lowest BCUT2D eigenvalue weighted by Crippen LogP contribution is -2.10. The molecule has 6 heteroatoms. The van der Waals surface area contributed by atoms with Crippen LogP contribution >= 0.6 is 23.7 Å². The molecule has 0 bridgehead atoms. The van der Waals surface area contributed by atoms with Crippen LogP contribution in [-0.4, -0.2) is 12.8 Å². The molecule has 1 rings (SSSR count). The average molecular weight is 238 g/mol. The van der Waals surface area contributed by atoms with E-state index in [2.05, 4.69) is 4.74 Å². The van der Waals surface area contributed by atoms with E-state index in [9.17, 15) is 4.79 Å². The van der Waals surface area contributed by atoms with Crippen LogP contribution in [-0.2, 0) is 4.74 Å². The average Bonchev–Trinajstić information content (AvgIpc) is 2.37. The summed E-state index contributed by atoms with van der Waals surface area (Å²) in [5.74, 6) is 0. The molecule has 0 unspecified atom stereocenters. The highest BCUT2D eigenvalue weighted by Gasteiger charge is 2.11. The van der Waals surface area contributed by atoms with Crippen molar-refractivity contribution in [2.24, 2.45) is 0 Å². The smallest absolute Gasteiger partial charge is 0.434 e. The van der Waals surface area contributed by atoms with Crippen LogP contribution in [0, 0.1) is 6.92 Å². The first kappa shape index (κ1) is 13.1. The van der Waals surface area contributed by atoms with Crippen molar-refractivity contribution in [3.8, 4) is 5.06 Å². The molecule has 0 radical (unpaired) electrons. The zero-order valence-electron chi connectivity index (χ0n) is 7.90. The minimum atomic E-state index is -0.712. The number of anilines is 1. The summed E-state index contributed by atoms with van der Waals surface area (Å²) in [6, 6.07) is 0. The summed E-state index contributed by atoms with van der Waals surface area (Å²) in [5, 5.41) is 2.22. The number of hydrogen-bond donors (Lipinski definition) is 1. The van der Waals surface area contributed by atoms with Crippen molar-refractivity contribution >= 4 is 35.6 Å². The molecule has 0 aromatic carbocycles. The second kappa shape index (κ2) is 5.72. The lowest BCUT2D eigenvalue weighted by atomic mass is 10.3. The standard InChI is InChI=1S/C8H11NO3S.ClH/c1-3-11-8(10)12-7-6(9)5(2)4-13-7;/h4H,3,9H2,1-2H3;1H. The molecule has 0 aliphatic carbocycles. The van der Waals surface area contributed by atoms with E-state index in [-0.39, 0.29) is 12.4 Å². The molecule has 1 heterocycles. The maximum atomic E-state index is 10.9. The lowest BCUT2D eigenvalue weighted by Gasteiger charge is -2.01. The Hall–Kier alpha value is -0.940. The lowest BCUT2D eigenvalue weighted by molar-refractivity contribution is 0.106. The zero-order chi connectivity index (χ0) is 9.84. The molecule has 0 aliphatic heterocycles. The number of carbonyl (C=O) groups is 1. The monoisotopic (exact) mass is 237 g/mol. The van der Waals surface area contributed by atoms with Gasteiger partial charge in [0.2, 0.25) is 5.06 Å². The van der Waals surface area contributed by atoms with Crippen molar-refractivity contribution in [1.29, 1.82) is 0 Å². The molecule has 0 saturated carbocycles. The highest BCUT2D eigenvalue weighted by atomic mass is 35.5. The Labute approximate surface area is 92.4 Å². The highest BCUT2D eigenvalue weighted by Crippen LogP contribution is 2.32. The second-order valence-corrected chi connectivity index (χ2v) is 3.25. The molecule has 0 saturated heterocycles. The van der Waals surface area contributed by atoms with E-state index in [0.717, 1.165) is 5.56 Å². The summed E-state index contributed by atoms with van der Waals surface area (Å²) in [6.07, 6.45) is -0.712. The van der Waals surface area contributed by atoms with Gasteiger partial charge in [-0.2, -0.15) is 0 Å². The van der Waals surface area contributed by atoms with Gasteiger partial charge in [0.25, 0.3) is 0 Å². The van der Waals surface area contributed by atoms with E-state index in [1.54, 1.807) is 6.92 Å². The Morgan fingerprint density at radius 1 is 1.64 bits per heavy atom. The quantitative estimate of drug-likeness (QED) is 0.804. The van der Waals surface area contributed by atoms with Crippen molar-refractivity contribution in [2.75, 3.05) is 12.3 Å². The van der Waals surface area contributed by atoms with Gasteiger partial charge in [-0.15, -0.1) is 23.7 Å². The molecule has 1 aromatic heterocycles. The van der Waals surface area contributed by atoms with Gasteiger partial charge in [-0.05, 0) is 24.8 Å². The predicted octanol–water partition coefficient (Wildman–Crippen LogP) is 2.60. The van der Waals surface area contributed by atoms with Gasteiger partial charge in [-0.25, -0.2) is 4.79 Å². The second-order valence-electron chi connectivity index (χ2n) is 2.40. The largest absolute Gasteiger partial charge is 0.514 e. The van der Waals surface area contributed by atoms with Gasteiger partial charge < -0.3 is 15.2 Å². The normalized spacial score (nSPS) is 9.00. The van der Waals surface area contributed by atoms with Crippen LogP contribution in [0.15, 0.2) is 5.38 Å². The van der Waals surface area contributed by atoms with E-state index >= 15 is 0 Å². The number of halogens is 1. The van der Waals surface area contributed by atoms with Crippen molar-refractivity contribution in [1.82, 2.24) is 0 Å². The molecular formula is C8H12ClNO3S. The maximum absolute atomic E-state index is 10.9. The van der Waals surface area contributed by atoms with Gasteiger partial charge in [-0.3, -0.25) is 0 Å². The van der Waals surface area contributed by atoms with Gasteiger partial charge in [0.05, 0.1) is 12.3 Å². The minimum Gasteiger partial charge on any atom is -0.434 e. The van der Waals surface area contributed by atoms with Crippen molar-refractivity contribution in [3.05, 3.63) is 10.9 Å². The number of aryl methyl sites for hydroxylation is 1. The molecule has 2 N–H and O–H groups in total. The number of rotatable bonds is 2. The van der Waals surface area contributed by atoms with E-state index in [1.165, 1.54) is 11.3 Å². The predicted molar refractivity (Wildman–Crippen MR) is 58.4 cm³/mol. The Morgan fingerprint density at radius 3 is 2.71 bits per heavy atom. The van der Waals surface area contributed by atoms with Crippen LogP contribution in [0.2, 0.25) is 0 Å². The Morgan fingerprint density at radius 2 is 2.29 bits per heavy atom. The Balaban J connectivity index is 0.00000169. The van der Waals surface area contributed by atoms with Gasteiger partial charge >= 0.3 is 6.16 Å². The van der Waals surface area contributed by atoms with Gasteiger partial charge in [-0.1, -0.05) is 0 Å². The summed E-state index contributed by atoms with van der Waals surface area (Å²) < 4.78 is 9.44. The topological polar surface area (TPSA) is 61.5 Å². The molecule has 14 heavy (non-hydrogen) atoms. The van der Waals surface area contributed by atoms with Crippen LogP contribution in [0.3, 0.4) is 0 Å². The van der Waals surface area contributed by atoms with Crippen LogP contribution < -0.4 is 10.5 Å². The van der Waals surface area contributed by atoms with Crippen LogP contribution in [0.4, 0.5) is 10.5 Å². The number of hydrogen-bond acceptors (Lipinski definition) is 5. The number of nitrogen functional groups attached to an aromatic ring is 1. The molecule has 0 amide bonds. The third kappa shape index (κ3) is 3.08. The fraction of sp³-hybridized carbons (Fsp3) is 0.375. The van der Waals surface area contributed by atoms with Gasteiger partial charge in [0, 0.05) is 0 Å². The highest BCUT2D eigenvalue weighted by molar-refractivity contribution is 7.12. The first-order valence-corrected chi connectivity index (χ1v) is 4.71. The Bertz CT molecular complexity index is 314. The fourth-order valence-electron chi connectivity index (χ4n) is 0.732. The number of carbonyl (C=O) groups excluding carboxylic acids is 1. The maximum Gasteiger partial charge on any atom is 0.514 e. The molecule has 1 aromatic rings. The first-order chi connectivity index (χ1) is 6.15. The van der Waals surface area contributed by atoms with E-state index in [1.807, 2.05) is 12.3 Å². The Kier molecular flexibility index (Phi) is 5.34. The van der Waals surface area contributed by atoms with Crippen molar-refractivity contribution in [3.63, 3.8) is 0 Å². The molecule has 0 atom stereocenters. The minimum absolute atomic E-state index is 0. The van der Waals surface area contributed by atoms with Crippen LogP contribution in [0.25, 0.3) is 0 Å². The van der Waals surface area contributed by atoms with Gasteiger partial charge in [0.15, 0.2) is 0 Å². The first-order valence-electron chi connectivity index (χ1n) is 3.83. The van der Waals surface area contributed by atoms with Gasteiger partial charge in [0.1, 0.15) is 0 Å². The van der Waals surface area contributed by atoms with E-state index < -0.39 is 6.16 Å². The summed E-state index contributed by atoms with van der Waals surface area (Å²) in [5.41, 5.74) is 7.03. The van der Waals surface area contributed by atoms with E-state index in [0.29, 0.717) is 17.4 Å². The number of thiophene rings is 1. The molecule has 4 nitrogen and oxygen atoms in total. The number of nitrogens with two attached hydrogens (primary N) is 1. The fourth-order valence-corrected chi connectivity index (χ4v) is 1.55. The molecule has 0 fully saturated rings. The van der Waals surface area contributed by atoms with Crippen molar-refractivity contribution < 1.29 is 14.3 Å². The van der Waals surface area contributed by atoms with Crippen LogP contribution in [0.5, 0.6) is 5.06 Å². The van der Waals surface area contributed by atoms with Crippen LogP contribution in [0.1, 0.15) is 12.5 Å². The SMILES string of the molecule is CCOC(=O)Oc1scc(C)c1N.Cl. The summed E-state index contributed by atoms with van der Waals surface area (Å²) >= 11 is 1.28. The summed E-state index contributed by atoms with van der Waals surface area (Å²) in [6.45, 7) is 3.86. The zero-order valence-corrected chi connectivity index (χ0v) is 9.54. The molecule has 0 spiro atoms. The molecular weight excluding hydrogens is 226 g/mol. The third-order valence-corrected chi connectivity index (χ3v) is 2.41.